The van der Waals surface area contributed by atoms with E-state index in [9.17, 15) is 13.2 Å². The van der Waals surface area contributed by atoms with Crippen LogP contribution in [0.1, 0.15) is 24.6 Å². The fourth-order valence-electron chi connectivity index (χ4n) is 2.21. The van der Waals surface area contributed by atoms with Gasteiger partial charge in [0.25, 0.3) is 10.0 Å². The van der Waals surface area contributed by atoms with E-state index in [1.807, 2.05) is 13.0 Å². The summed E-state index contributed by atoms with van der Waals surface area (Å²) in [6, 6.07) is 3.49. The molecule has 7 heteroatoms. The second-order valence-electron chi connectivity index (χ2n) is 4.68. The first kappa shape index (κ1) is 14.5. The molecule has 1 aromatic heterocycles. The molecular weight excluding hydrogens is 284 g/mol. The maximum atomic E-state index is 12.5. The van der Waals surface area contributed by atoms with Crippen LogP contribution in [0.2, 0.25) is 0 Å². The molecule has 1 saturated heterocycles. The molecule has 2 rings (SSSR count). The molecule has 0 aromatic carbocycles. The fourth-order valence-corrected chi connectivity index (χ4v) is 5.18. The summed E-state index contributed by atoms with van der Waals surface area (Å²) < 4.78 is 26.7. The molecule has 2 heterocycles. The van der Waals surface area contributed by atoms with Crippen molar-refractivity contribution in [2.75, 3.05) is 13.1 Å². The summed E-state index contributed by atoms with van der Waals surface area (Å²) in [5.74, 6) is -0.783. The highest BCUT2D eigenvalue weighted by atomic mass is 32.2. The van der Waals surface area contributed by atoms with Gasteiger partial charge in [0.05, 0.1) is 5.92 Å². The zero-order valence-electron chi connectivity index (χ0n) is 10.8. The van der Waals surface area contributed by atoms with Gasteiger partial charge in [0.15, 0.2) is 0 Å². The van der Waals surface area contributed by atoms with Crippen LogP contribution in [0.25, 0.3) is 0 Å². The molecule has 1 aliphatic heterocycles. The third-order valence-electron chi connectivity index (χ3n) is 3.37. The van der Waals surface area contributed by atoms with Gasteiger partial charge >= 0.3 is 0 Å². The number of nitrogens with zero attached hydrogens (tertiary/aromatic N) is 1. The lowest BCUT2D eigenvalue weighted by atomic mass is 9.99. The van der Waals surface area contributed by atoms with Crippen molar-refractivity contribution in [3.05, 3.63) is 17.0 Å². The zero-order valence-corrected chi connectivity index (χ0v) is 12.5. The minimum atomic E-state index is -3.47. The summed E-state index contributed by atoms with van der Waals surface area (Å²) in [4.78, 5) is 12.3. The van der Waals surface area contributed by atoms with Gasteiger partial charge in [0, 0.05) is 18.0 Å². The highest BCUT2D eigenvalue weighted by Crippen LogP contribution is 2.28. The Hall–Kier alpha value is -0.920. The second-order valence-corrected chi connectivity index (χ2v) is 8.01. The van der Waals surface area contributed by atoms with Crippen LogP contribution in [0.15, 0.2) is 16.3 Å². The molecule has 1 aromatic rings. The van der Waals surface area contributed by atoms with E-state index in [0.29, 0.717) is 23.6 Å². The maximum absolute atomic E-state index is 12.5. The molecule has 19 heavy (non-hydrogen) atoms. The molecule has 0 unspecified atom stereocenters. The lowest BCUT2D eigenvalue weighted by Gasteiger charge is -2.29. The molecule has 106 valence electrons. The number of rotatable bonds is 4. The third-order valence-corrected chi connectivity index (χ3v) is 6.93. The molecule has 1 aliphatic rings. The number of carbonyl (C=O) groups excluding carboxylic acids is 1. The minimum Gasteiger partial charge on any atom is -0.369 e. The van der Waals surface area contributed by atoms with E-state index in [2.05, 4.69) is 0 Å². The number of hydrogen-bond acceptors (Lipinski definition) is 4. The van der Waals surface area contributed by atoms with Gasteiger partial charge in [-0.25, -0.2) is 8.42 Å². The highest BCUT2D eigenvalue weighted by molar-refractivity contribution is 7.91. The normalized spacial score (nSPS) is 21.4. The Morgan fingerprint density at radius 2 is 2.26 bits per heavy atom. The number of carbonyl (C=O) groups is 1. The first-order valence-corrected chi connectivity index (χ1v) is 8.59. The molecule has 0 spiro atoms. The lowest BCUT2D eigenvalue weighted by molar-refractivity contribution is -0.122. The summed E-state index contributed by atoms with van der Waals surface area (Å²) >= 11 is 1.30. The lowest BCUT2D eigenvalue weighted by Crippen LogP contribution is -2.43. The number of sulfonamides is 1. The Morgan fingerprint density at radius 3 is 2.84 bits per heavy atom. The van der Waals surface area contributed by atoms with E-state index < -0.39 is 15.9 Å². The zero-order chi connectivity index (χ0) is 14.0. The van der Waals surface area contributed by atoms with Crippen molar-refractivity contribution < 1.29 is 13.2 Å². The summed E-state index contributed by atoms with van der Waals surface area (Å²) in [5, 5.41) is 0. The van der Waals surface area contributed by atoms with E-state index in [4.69, 9.17) is 5.73 Å². The fraction of sp³-hybridized carbons (Fsp3) is 0.583. The van der Waals surface area contributed by atoms with Crippen LogP contribution < -0.4 is 5.73 Å². The number of primary amides is 1. The van der Waals surface area contributed by atoms with Crippen molar-refractivity contribution in [3.63, 3.8) is 0 Å². The van der Waals surface area contributed by atoms with Crippen molar-refractivity contribution in [3.8, 4) is 0 Å². The highest BCUT2D eigenvalue weighted by Gasteiger charge is 2.33. The molecule has 0 saturated carbocycles. The average Bonchev–Trinajstić information content (AvgIpc) is 2.88. The number of aryl methyl sites for hydroxylation is 1. The molecule has 2 N–H and O–H groups in total. The van der Waals surface area contributed by atoms with Gasteiger partial charge in [-0.3, -0.25) is 4.79 Å². The molecule has 1 atom stereocenters. The number of hydrogen-bond donors (Lipinski definition) is 1. The Balaban J connectivity index is 2.21. The Labute approximate surface area is 117 Å². The van der Waals surface area contributed by atoms with Gasteiger partial charge in [0.2, 0.25) is 5.91 Å². The maximum Gasteiger partial charge on any atom is 0.252 e. The second kappa shape index (κ2) is 5.60. The van der Waals surface area contributed by atoms with Crippen LogP contribution in [0, 0.1) is 5.92 Å². The number of piperidine rings is 1. The van der Waals surface area contributed by atoms with Gasteiger partial charge in [-0.15, -0.1) is 11.3 Å². The standard InChI is InChI=1S/C12H18N2O3S2/c1-2-10-5-6-11(18-10)19(16,17)14-7-3-4-9(8-14)12(13)15/h5-6,9H,2-4,7-8H2,1H3,(H2,13,15)/t9-/m0/s1. The largest absolute Gasteiger partial charge is 0.369 e. The summed E-state index contributed by atoms with van der Waals surface area (Å²) in [5.41, 5.74) is 5.28. The third kappa shape index (κ3) is 2.98. The van der Waals surface area contributed by atoms with Crippen LogP contribution in [0.3, 0.4) is 0 Å². The van der Waals surface area contributed by atoms with Crippen LogP contribution in [-0.2, 0) is 21.2 Å². The minimum absolute atomic E-state index is 0.205. The van der Waals surface area contributed by atoms with Crippen LogP contribution >= 0.6 is 11.3 Å². The molecule has 1 fully saturated rings. The van der Waals surface area contributed by atoms with E-state index in [1.165, 1.54) is 15.6 Å². The van der Waals surface area contributed by atoms with E-state index in [1.54, 1.807) is 6.07 Å². The van der Waals surface area contributed by atoms with Crippen LogP contribution in [0.4, 0.5) is 0 Å². The van der Waals surface area contributed by atoms with Gasteiger partial charge in [-0.05, 0) is 31.4 Å². The van der Waals surface area contributed by atoms with E-state index >= 15 is 0 Å². The van der Waals surface area contributed by atoms with Crippen molar-refractivity contribution in [1.29, 1.82) is 0 Å². The molecular formula is C12H18N2O3S2. The summed E-state index contributed by atoms with van der Waals surface area (Å²) in [6.07, 6.45) is 2.18. The first-order chi connectivity index (χ1) is 8.95. The number of amides is 1. The molecule has 0 aliphatic carbocycles. The van der Waals surface area contributed by atoms with E-state index in [0.717, 1.165) is 11.3 Å². The van der Waals surface area contributed by atoms with Crippen molar-refractivity contribution >= 4 is 27.3 Å². The van der Waals surface area contributed by atoms with E-state index in [-0.39, 0.29) is 12.5 Å². The average molecular weight is 302 g/mol. The Kier molecular flexibility index (Phi) is 4.27. The Morgan fingerprint density at radius 1 is 1.53 bits per heavy atom. The topological polar surface area (TPSA) is 80.5 Å². The first-order valence-electron chi connectivity index (χ1n) is 6.33. The number of thiophene rings is 1. The SMILES string of the molecule is CCc1ccc(S(=O)(=O)N2CCC[C@H](C(N)=O)C2)s1. The monoisotopic (exact) mass is 302 g/mol. The van der Waals surface area contributed by atoms with Gasteiger partial charge in [-0.1, -0.05) is 6.92 Å². The molecule has 5 nitrogen and oxygen atoms in total. The van der Waals surface area contributed by atoms with Crippen molar-refractivity contribution in [1.82, 2.24) is 4.31 Å². The summed E-state index contributed by atoms with van der Waals surface area (Å²) in [7, 11) is -3.47. The predicted octanol–water partition coefficient (Wildman–Crippen LogP) is 1.20. The smallest absolute Gasteiger partial charge is 0.252 e. The van der Waals surface area contributed by atoms with Crippen LogP contribution in [-0.4, -0.2) is 31.7 Å². The van der Waals surface area contributed by atoms with Gasteiger partial charge in [0.1, 0.15) is 4.21 Å². The van der Waals surface area contributed by atoms with Crippen molar-refractivity contribution in [2.24, 2.45) is 11.7 Å². The van der Waals surface area contributed by atoms with Gasteiger partial charge < -0.3 is 5.73 Å². The molecule has 1 amide bonds. The summed E-state index contributed by atoms with van der Waals surface area (Å²) in [6.45, 7) is 2.66. The molecule has 0 radical (unpaired) electrons. The van der Waals surface area contributed by atoms with Crippen LogP contribution in [0.5, 0.6) is 0 Å². The number of nitrogens with two attached hydrogens (primary N) is 1. The quantitative estimate of drug-likeness (QED) is 0.907. The predicted molar refractivity (Wildman–Crippen MR) is 74.4 cm³/mol. The van der Waals surface area contributed by atoms with Gasteiger partial charge in [-0.2, -0.15) is 4.31 Å². The van der Waals surface area contributed by atoms with Crippen molar-refractivity contribution in [2.45, 2.75) is 30.4 Å². The molecule has 0 bridgehead atoms. The Bertz CT molecular complexity index is 565.